The van der Waals surface area contributed by atoms with E-state index in [0.29, 0.717) is 5.70 Å². The molecule has 0 N–H and O–H groups in total. The zero-order valence-corrected chi connectivity index (χ0v) is 8.88. The van der Waals surface area contributed by atoms with Crippen molar-refractivity contribution in [2.24, 2.45) is 0 Å². The summed E-state index contributed by atoms with van der Waals surface area (Å²) in [5.74, 6) is -0.302. The minimum Gasteiger partial charge on any atom is -0.341 e. The van der Waals surface area contributed by atoms with Crippen molar-refractivity contribution in [3.8, 4) is 0 Å². The average molecular weight is 213 g/mol. The maximum Gasteiger partial charge on any atom is 0.202 e. The topological polar surface area (TPSA) is 37.4 Å². The van der Waals surface area contributed by atoms with Gasteiger partial charge in [0.2, 0.25) is 5.78 Å². The Morgan fingerprint density at radius 3 is 2.38 bits per heavy atom. The molecule has 2 rings (SSSR count). The molecule has 1 aromatic carbocycles. The molecule has 0 unspecified atom stereocenters. The first-order valence-electron chi connectivity index (χ1n) is 4.95. The van der Waals surface area contributed by atoms with Crippen LogP contribution in [0.3, 0.4) is 0 Å². The number of ketones is 2. The molecule has 0 aromatic heterocycles. The standard InChI is InChI=1S/C13H11NO2/c1-14(10-5-3-2-4-6-10)12-9-11(15)7-8-13(12)16/h2-9H,1H3. The lowest BCUT2D eigenvalue weighted by atomic mass is 10.1. The molecule has 0 saturated carbocycles. The van der Waals surface area contributed by atoms with Gasteiger partial charge in [-0.2, -0.15) is 0 Å². The van der Waals surface area contributed by atoms with Gasteiger partial charge in [0.1, 0.15) is 0 Å². The van der Waals surface area contributed by atoms with Gasteiger partial charge in [-0.05, 0) is 24.3 Å². The van der Waals surface area contributed by atoms with E-state index >= 15 is 0 Å². The van der Waals surface area contributed by atoms with Crippen LogP contribution in [0.4, 0.5) is 5.69 Å². The number of anilines is 1. The molecule has 3 nitrogen and oxygen atoms in total. The van der Waals surface area contributed by atoms with Crippen molar-refractivity contribution in [1.82, 2.24) is 0 Å². The Hall–Kier alpha value is -2.16. The number of benzene rings is 1. The third-order valence-corrected chi connectivity index (χ3v) is 2.44. The van der Waals surface area contributed by atoms with Crippen LogP contribution < -0.4 is 4.90 Å². The van der Waals surface area contributed by atoms with E-state index in [-0.39, 0.29) is 11.6 Å². The van der Waals surface area contributed by atoms with Crippen molar-refractivity contribution in [1.29, 1.82) is 0 Å². The third kappa shape index (κ3) is 1.93. The lowest BCUT2D eigenvalue weighted by Crippen LogP contribution is -2.24. The van der Waals surface area contributed by atoms with Gasteiger partial charge in [0.25, 0.3) is 0 Å². The summed E-state index contributed by atoms with van der Waals surface area (Å²) < 4.78 is 0. The second-order valence-corrected chi connectivity index (χ2v) is 3.52. The van der Waals surface area contributed by atoms with Gasteiger partial charge in [-0.3, -0.25) is 9.59 Å². The predicted octanol–water partition coefficient (Wildman–Crippen LogP) is 1.71. The maximum absolute atomic E-state index is 11.6. The summed E-state index contributed by atoms with van der Waals surface area (Å²) in [6.45, 7) is 0. The molecule has 0 amide bonds. The number of para-hydroxylation sites is 1. The van der Waals surface area contributed by atoms with Crippen LogP contribution in [0.25, 0.3) is 0 Å². The van der Waals surface area contributed by atoms with Crippen molar-refractivity contribution < 1.29 is 9.59 Å². The first-order chi connectivity index (χ1) is 7.68. The highest BCUT2D eigenvalue weighted by Gasteiger charge is 2.17. The molecule has 0 aliphatic heterocycles. The van der Waals surface area contributed by atoms with Crippen LogP contribution in [-0.2, 0) is 9.59 Å². The fraction of sp³-hybridized carbons (Fsp3) is 0.0769. The molecule has 0 atom stereocenters. The van der Waals surface area contributed by atoms with E-state index in [1.54, 1.807) is 11.9 Å². The molecule has 0 fully saturated rings. The number of likely N-dealkylation sites (N-methyl/N-ethyl adjacent to an activating group) is 1. The summed E-state index contributed by atoms with van der Waals surface area (Å²) in [5.41, 5.74) is 1.28. The molecule has 0 bridgehead atoms. The minimum absolute atomic E-state index is 0.147. The molecule has 1 aliphatic rings. The van der Waals surface area contributed by atoms with Crippen molar-refractivity contribution in [3.63, 3.8) is 0 Å². The first kappa shape index (κ1) is 10.4. The molecule has 0 spiro atoms. The molecule has 80 valence electrons. The predicted molar refractivity (Wildman–Crippen MR) is 62.1 cm³/mol. The Labute approximate surface area is 93.7 Å². The van der Waals surface area contributed by atoms with Crippen LogP contribution in [-0.4, -0.2) is 18.6 Å². The summed E-state index contributed by atoms with van der Waals surface area (Å²) in [6.07, 6.45) is 3.94. The van der Waals surface area contributed by atoms with Crippen LogP contribution in [0.1, 0.15) is 0 Å². The number of hydrogen-bond acceptors (Lipinski definition) is 3. The highest BCUT2D eigenvalue weighted by molar-refractivity contribution is 6.18. The van der Waals surface area contributed by atoms with E-state index in [1.807, 2.05) is 30.3 Å². The Morgan fingerprint density at radius 2 is 1.69 bits per heavy atom. The normalized spacial score (nSPS) is 14.9. The van der Waals surface area contributed by atoms with Crippen LogP contribution in [0.15, 0.2) is 54.3 Å². The van der Waals surface area contributed by atoms with Crippen molar-refractivity contribution in [2.45, 2.75) is 0 Å². The zero-order valence-electron chi connectivity index (χ0n) is 8.88. The molecule has 0 heterocycles. The summed E-state index contributed by atoms with van der Waals surface area (Å²) in [6, 6.07) is 9.45. The molecule has 1 aromatic rings. The fourth-order valence-corrected chi connectivity index (χ4v) is 1.55. The summed E-state index contributed by atoms with van der Waals surface area (Å²) >= 11 is 0. The number of nitrogens with zero attached hydrogens (tertiary/aromatic N) is 1. The van der Waals surface area contributed by atoms with E-state index in [9.17, 15) is 9.59 Å². The van der Waals surface area contributed by atoms with Crippen molar-refractivity contribution in [2.75, 3.05) is 11.9 Å². The van der Waals surface area contributed by atoms with Crippen LogP contribution in [0.5, 0.6) is 0 Å². The zero-order chi connectivity index (χ0) is 11.5. The van der Waals surface area contributed by atoms with E-state index in [0.717, 1.165) is 5.69 Å². The second kappa shape index (κ2) is 4.14. The third-order valence-electron chi connectivity index (χ3n) is 2.44. The number of carbonyl (C=O) groups is 2. The highest BCUT2D eigenvalue weighted by atomic mass is 16.1. The fourth-order valence-electron chi connectivity index (χ4n) is 1.55. The van der Waals surface area contributed by atoms with Crippen LogP contribution in [0, 0.1) is 0 Å². The minimum atomic E-state index is -0.155. The van der Waals surface area contributed by atoms with Gasteiger partial charge in [0.15, 0.2) is 5.78 Å². The Balaban J connectivity index is 2.32. The van der Waals surface area contributed by atoms with Crippen molar-refractivity contribution in [3.05, 3.63) is 54.3 Å². The lowest BCUT2D eigenvalue weighted by Gasteiger charge is -2.21. The van der Waals surface area contributed by atoms with Gasteiger partial charge in [-0.1, -0.05) is 18.2 Å². The van der Waals surface area contributed by atoms with Gasteiger partial charge in [-0.25, -0.2) is 0 Å². The Bertz CT molecular complexity index is 486. The van der Waals surface area contributed by atoms with Crippen molar-refractivity contribution >= 4 is 17.3 Å². The Kier molecular flexibility index (Phi) is 2.68. The molecule has 3 heteroatoms. The SMILES string of the molecule is CN(C1=CC(=O)C=CC1=O)c1ccccc1. The quantitative estimate of drug-likeness (QED) is 0.702. The van der Waals surface area contributed by atoms with E-state index in [4.69, 9.17) is 0 Å². The second-order valence-electron chi connectivity index (χ2n) is 3.52. The molecule has 16 heavy (non-hydrogen) atoms. The number of rotatable bonds is 2. The largest absolute Gasteiger partial charge is 0.341 e. The van der Waals surface area contributed by atoms with Gasteiger partial charge in [0, 0.05) is 18.8 Å². The lowest BCUT2D eigenvalue weighted by molar-refractivity contribution is -0.114. The molecule has 0 saturated heterocycles. The monoisotopic (exact) mass is 213 g/mol. The number of allylic oxidation sites excluding steroid dienone is 3. The molecule has 0 radical (unpaired) electrons. The molecular weight excluding hydrogens is 202 g/mol. The Morgan fingerprint density at radius 1 is 1.00 bits per heavy atom. The molecule has 1 aliphatic carbocycles. The van der Waals surface area contributed by atoms with E-state index in [2.05, 4.69) is 0 Å². The summed E-state index contributed by atoms with van der Waals surface area (Å²) in [5, 5.41) is 0. The molecular formula is C13H11NO2. The van der Waals surface area contributed by atoms with E-state index in [1.165, 1.54) is 18.2 Å². The maximum atomic E-state index is 11.6. The first-order valence-corrected chi connectivity index (χ1v) is 4.95. The van der Waals surface area contributed by atoms with Gasteiger partial charge in [0.05, 0.1) is 5.70 Å². The van der Waals surface area contributed by atoms with Crippen LogP contribution >= 0.6 is 0 Å². The van der Waals surface area contributed by atoms with Gasteiger partial charge < -0.3 is 4.90 Å². The van der Waals surface area contributed by atoms with Crippen LogP contribution in [0.2, 0.25) is 0 Å². The number of carbonyl (C=O) groups excluding carboxylic acids is 2. The van der Waals surface area contributed by atoms with Gasteiger partial charge in [-0.15, -0.1) is 0 Å². The number of hydrogen-bond donors (Lipinski definition) is 0. The summed E-state index contributed by atoms with van der Waals surface area (Å²) in [7, 11) is 1.77. The smallest absolute Gasteiger partial charge is 0.202 e. The summed E-state index contributed by atoms with van der Waals surface area (Å²) in [4.78, 5) is 24.5. The average Bonchev–Trinajstić information content (AvgIpc) is 2.32. The van der Waals surface area contributed by atoms with Gasteiger partial charge >= 0.3 is 0 Å². The highest BCUT2D eigenvalue weighted by Crippen LogP contribution is 2.19. The van der Waals surface area contributed by atoms with E-state index < -0.39 is 0 Å².